The molecule has 2 unspecified atom stereocenters. The van der Waals surface area contributed by atoms with Crippen LogP contribution >= 0.6 is 0 Å². The van der Waals surface area contributed by atoms with Gasteiger partial charge in [-0.25, -0.2) is 9.59 Å². The van der Waals surface area contributed by atoms with Gasteiger partial charge in [-0.3, -0.25) is 0 Å². The Morgan fingerprint density at radius 3 is 2.70 bits per heavy atom. The Hall–Kier alpha value is -2.04. The molecule has 0 radical (unpaired) electrons. The third-order valence-electron chi connectivity index (χ3n) is 4.84. The van der Waals surface area contributed by atoms with Crippen LogP contribution in [-0.2, 0) is 10.2 Å². The fraction of sp³-hybridized carbons (Fsp3) is 0.556. The molecular weight excluding hydrogens is 294 g/mol. The van der Waals surface area contributed by atoms with Gasteiger partial charge >= 0.3 is 12.1 Å². The average molecular weight is 317 g/mol. The second kappa shape index (κ2) is 5.25. The molecule has 1 heterocycles. The van der Waals surface area contributed by atoms with Gasteiger partial charge in [0.05, 0.1) is 5.56 Å². The van der Waals surface area contributed by atoms with Gasteiger partial charge in [0, 0.05) is 18.5 Å². The number of likely N-dealkylation sites (tertiary alicyclic amines) is 1. The van der Waals surface area contributed by atoms with E-state index in [9.17, 15) is 9.59 Å². The van der Waals surface area contributed by atoms with E-state index >= 15 is 0 Å². The summed E-state index contributed by atoms with van der Waals surface area (Å²) in [6, 6.07) is 7.22. The lowest BCUT2D eigenvalue weighted by Crippen LogP contribution is -2.43. The number of carbonyl (C=O) groups excluding carboxylic acids is 1. The number of fused-ring (bicyclic) bond motifs is 1. The zero-order valence-electron chi connectivity index (χ0n) is 13.8. The predicted molar refractivity (Wildman–Crippen MR) is 85.6 cm³/mol. The monoisotopic (exact) mass is 317 g/mol. The molecular formula is C18H23NO4. The van der Waals surface area contributed by atoms with E-state index < -0.39 is 11.6 Å². The average Bonchev–Trinajstić information content (AvgIpc) is 3.20. The van der Waals surface area contributed by atoms with E-state index in [2.05, 4.69) is 0 Å². The summed E-state index contributed by atoms with van der Waals surface area (Å²) in [4.78, 5) is 25.1. The Bertz CT molecular complexity index is 649. The molecule has 0 spiro atoms. The Labute approximate surface area is 136 Å². The van der Waals surface area contributed by atoms with Crippen molar-refractivity contribution in [1.82, 2.24) is 4.90 Å². The first-order valence-electron chi connectivity index (χ1n) is 8.03. The molecule has 3 rings (SSSR count). The minimum atomic E-state index is -0.897. The van der Waals surface area contributed by atoms with Crippen molar-refractivity contribution in [3.8, 4) is 0 Å². The third kappa shape index (κ3) is 3.05. The highest BCUT2D eigenvalue weighted by molar-refractivity contribution is 5.87. The molecule has 1 aliphatic carbocycles. The number of carbonyl (C=O) groups is 2. The van der Waals surface area contributed by atoms with Crippen LogP contribution in [0.25, 0.3) is 0 Å². The van der Waals surface area contributed by atoms with Crippen molar-refractivity contribution in [2.45, 2.75) is 44.6 Å². The van der Waals surface area contributed by atoms with Crippen molar-refractivity contribution in [2.24, 2.45) is 5.92 Å². The second-order valence-corrected chi connectivity index (χ2v) is 7.62. The van der Waals surface area contributed by atoms with E-state index in [0.29, 0.717) is 24.6 Å². The van der Waals surface area contributed by atoms with Crippen LogP contribution in [0.15, 0.2) is 24.3 Å². The maximum absolute atomic E-state index is 12.2. The van der Waals surface area contributed by atoms with Crippen LogP contribution in [0.3, 0.4) is 0 Å². The van der Waals surface area contributed by atoms with E-state index in [-0.39, 0.29) is 11.5 Å². The van der Waals surface area contributed by atoms with Crippen LogP contribution in [0, 0.1) is 5.92 Å². The van der Waals surface area contributed by atoms with Crippen molar-refractivity contribution in [1.29, 1.82) is 0 Å². The van der Waals surface area contributed by atoms with Gasteiger partial charge in [0.1, 0.15) is 5.60 Å². The topological polar surface area (TPSA) is 66.8 Å². The van der Waals surface area contributed by atoms with Crippen molar-refractivity contribution in [3.63, 3.8) is 0 Å². The number of piperidine rings is 1. The van der Waals surface area contributed by atoms with Gasteiger partial charge in [-0.2, -0.15) is 0 Å². The highest BCUT2D eigenvalue weighted by Gasteiger charge is 2.58. The van der Waals surface area contributed by atoms with Crippen LogP contribution in [0.2, 0.25) is 0 Å². The van der Waals surface area contributed by atoms with Crippen molar-refractivity contribution >= 4 is 12.1 Å². The highest BCUT2D eigenvalue weighted by atomic mass is 16.6. The van der Waals surface area contributed by atoms with Gasteiger partial charge in [-0.15, -0.1) is 0 Å². The minimum absolute atomic E-state index is 0.0456. The van der Waals surface area contributed by atoms with E-state index in [0.717, 1.165) is 18.4 Å². The molecule has 1 aromatic carbocycles. The summed E-state index contributed by atoms with van der Waals surface area (Å²) in [5.41, 5.74) is 0.984. The minimum Gasteiger partial charge on any atom is -0.478 e. The smallest absolute Gasteiger partial charge is 0.410 e. The van der Waals surface area contributed by atoms with Crippen LogP contribution < -0.4 is 0 Å². The number of amides is 1. The molecule has 0 aromatic heterocycles. The van der Waals surface area contributed by atoms with Crippen molar-refractivity contribution < 1.29 is 19.4 Å². The van der Waals surface area contributed by atoms with Crippen LogP contribution in [-0.4, -0.2) is 40.8 Å². The van der Waals surface area contributed by atoms with Crippen LogP contribution in [0.5, 0.6) is 0 Å². The zero-order chi connectivity index (χ0) is 16.8. The molecule has 1 saturated heterocycles. The summed E-state index contributed by atoms with van der Waals surface area (Å²) >= 11 is 0. The normalized spacial score (nSPS) is 26.4. The summed E-state index contributed by atoms with van der Waals surface area (Å²) in [6.45, 7) is 6.95. The summed E-state index contributed by atoms with van der Waals surface area (Å²) in [7, 11) is 0. The van der Waals surface area contributed by atoms with Crippen LogP contribution in [0.4, 0.5) is 4.79 Å². The first kappa shape index (κ1) is 15.8. The number of ether oxygens (including phenoxy) is 1. The number of aromatic carboxylic acids is 1. The number of carboxylic acid groups (broad SMARTS) is 1. The molecule has 1 aliphatic heterocycles. The molecule has 5 nitrogen and oxygen atoms in total. The number of hydrogen-bond acceptors (Lipinski definition) is 3. The van der Waals surface area contributed by atoms with E-state index in [1.54, 1.807) is 17.0 Å². The van der Waals surface area contributed by atoms with Gasteiger partial charge in [0.15, 0.2) is 0 Å². The summed E-state index contributed by atoms with van der Waals surface area (Å²) in [5.74, 6) is -0.501. The first-order valence-corrected chi connectivity index (χ1v) is 8.03. The van der Waals surface area contributed by atoms with Gasteiger partial charge in [-0.05, 0) is 57.2 Å². The molecule has 1 saturated carbocycles. The van der Waals surface area contributed by atoms with E-state index in [1.807, 2.05) is 32.9 Å². The SMILES string of the molecule is CC(C)(C)OC(=O)N1CCC2(c3cccc(C(=O)O)c3)CC2C1. The molecule has 124 valence electrons. The molecule has 2 aliphatic rings. The molecule has 1 amide bonds. The number of rotatable bonds is 2. The Morgan fingerprint density at radius 2 is 2.09 bits per heavy atom. The fourth-order valence-corrected chi connectivity index (χ4v) is 3.57. The Morgan fingerprint density at radius 1 is 1.35 bits per heavy atom. The third-order valence-corrected chi connectivity index (χ3v) is 4.84. The lowest BCUT2D eigenvalue weighted by molar-refractivity contribution is 0.0198. The predicted octanol–water partition coefficient (Wildman–Crippen LogP) is 3.28. The lowest BCUT2D eigenvalue weighted by atomic mass is 9.86. The molecule has 5 heteroatoms. The number of hydrogen-bond donors (Lipinski definition) is 1. The highest BCUT2D eigenvalue weighted by Crippen LogP contribution is 2.59. The summed E-state index contributed by atoms with van der Waals surface area (Å²) in [6.07, 6.45) is 1.62. The first-order chi connectivity index (χ1) is 10.7. The standard InChI is InChI=1S/C18H23NO4/c1-17(2,3)23-16(22)19-8-7-18(10-14(18)11-19)13-6-4-5-12(9-13)15(20)21/h4-6,9,14H,7-8,10-11H2,1-3H3,(H,20,21). The van der Waals surface area contributed by atoms with Crippen molar-refractivity contribution in [3.05, 3.63) is 35.4 Å². The Kier molecular flexibility index (Phi) is 3.62. The fourth-order valence-electron chi connectivity index (χ4n) is 3.57. The number of nitrogens with zero attached hydrogens (tertiary/aromatic N) is 1. The van der Waals surface area contributed by atoms with Gasteiger partial charge in [0.25, 0.3) is 0 Å². The van der Waals surface area contributed by atoms with E-state index in [4.69, 9.17) is 9.84 Å². The number of benzene rings is 1. The zero-order valence-corrected chi connectivity index (χ0v) is 13.8. The van der Waals surface area contributed by atoms with Gasteiger partial charge in [0.2, 0.25) is 0 Å². The maximum Gasteiger partial charge on any atom is 0.410 e. The molecule has 1 N–H and O–H groups in total. The maximum atomic E-state index is 12.2. The lowest BCUT2D eigenvalue weighted by Gasteiger charge is -2.33. The van der Waals surface area contributed by atoms with Gasteiger partial charge in [-0.1, -0.05) is 12.1 Å². The molecule has 2 fully saturated rings. The molecule has 1 aromatic rings. The quantitative estimate of drug-likeness (QED) is 0.909. The second-order valence-electron chi connectivity index (χ2n) is 7.62. The van der Waals surface area contributed by atoms with E-state index in [1.165, 1.54) is 0 Å². The summed E-state index contributed by atoms with van der Waals surface area (Å²) < 4.78 is 5.44. The molecule has 2 atom stereocenters. The summed E-state index contributed by atoms with van der Waals surface area (Å²) in [5, 5.41) is 9.16. The van der Waals surface area contributed by atoms with Crippen LogP contribution in [0.1, 0.15) is 49.5 Å². The molecule has 23 heavy (non-hydrogen) atoms. The number of carboxylic acids is 1. The molecule has 0 bridgehead atoms. The largest absolute Gasteiger partial charge is 0.478 e. The Balaban J connectivity index is 1.70. The van der Waals surface area contributed by atoms with Gasteiger partial charge < -0.3 is 14.7 Å². The van der Waals surface area contributed by atoms with Crippen molar-refractivity contribution in [2.75, 3.05) is 13.1 Å².